The number of phosphoric acid groups is 1. The average molecular weight is 939 g/mol. The van der Waals surface area contributed by atoms with Gasteiger partial charge in [0.05, 0.1) is 27.7 Å². The number of hydrogen-bond donors (Lipinski definition) is 1. The maximum atomic E-state index is 12.8. The van der Waals surface area contributed by atoms with E-state index in [-0.39, 0.29) is 32.0 Å². The van der Waals surface area contributed by atoms with Crippen molar-refractivity contribution in [3.63, 3.8) is 0 Å². The SMILES string of the molecule is CCCCCC/C=C\C/C=C\CCCCCCCCCC(=O)OC(COC(=O)CCCCCCCCCCCCC/C=C\CCCCCCCCCC)COP(=O)(O)OCC[N+](C)(C)C. The molecule has 0 aliphatic heterocycles. The Kier molecular flexibility index (Phi) is 46.0. The summed E-state index contributed by atoms with van der Waals surface area (Å²) in [5.74, 6) is -0.799. The highest BCUT2D eigenvalue weighted by atomic mass is 31.2. The van der Waals surface area contributed by atoms with Gasteiger partial charge in [-0.3, -0.25) is 18.6 Å². The highest BCUT2D eigenvalue weighted by Gasteiger charge is 2.27. The molecule has 10 heteroatoms. The predicted octanol–water partition coefficient (Wildman–Crippen LogP) is 16.4. The summed E-state index contributed by atoms with van der Waals surface area (Å²) in [5, 5.41) is 0. The number of carbonyl (C=O) groups is 2. The van der Waals surface area contributed by atoms with Crippen LogP contribution in [0.4, 0.5) is 0 Å². The van der Waals surface area contributed by atoms with E-state index >= 15 is 0 Å². The van der Waals surface area contributed by atoms with Gasteiger partial charge in [0.2, 0.25) is 0 Å². The van der Waals surface area contributed by atoms with Crippen molar-refractivity contribution in [2.75, 3.05) is 47.5 Å². The predicted molar refractivity (Wildman–Crippen MR) is 275 cm³/mol. The van der Waals surface area contributed by atoms with Gasteiger partial charge < -0.3 is 18.9 Å². The van der Waals surface area contributed by atoms with Crippen molar-refractivity contribution in [3.8, 4) is 0 Å². The van der Waals surface area contributed by atoms with Crippen LogP contribution >= 0.6 is 7.82 Å². The first-order valence-electron chi connectivity index (χ1n) is 27.2. The van der Waals surface area contributed by atoms with Crippen LogP contribution in [0.2, 0.25) is 0 Å². The van der Waals surface area contributed by atoms with Gasteiger partial charge in [0.15, 0.2) is 6.10 Å². The summed E-state index contributed by atoms with van der Waals surface area (Å²) < 4.78 is 34.5. The summed E-state index contributed by atoms with van der Waals surface area (Å²) in [6.45, 7) is 4.43. The van der Waals surface area contributed by atoms with E-state index in [2.05, 4.69) is 50.3 Å². The Morgan fingerprint density at radius 2 is 0.831 bits per heavy atom. The molecule has 0 saturated carbocycles. The van der Waals surface area contributed by atoms with E-state index in [4.69, 9.17) is 18.5 Å². The minimum Gasteiger partial charge on any atom is -0.462 e. The van der Waals surface area contributed by atoms with Crippen molar-refractivity contribution in [1.29, 1.82) is 0 Å². The summed E-state index contributed by atoms with van der Waals surface area (Å²) in [7, 11) is 1.48. The molecular formula is C55H105NO8P+. The van der Waals surface area contributed by atoms with Crippen LogP contribution in [0.5, 0.6) is 0 Å². The molecule has 2 atom stereocenters. The molecule has 0 heterocycles. The van der Waals surface area contributed by atoms with Crippen molar-refractivity contribution in [2.24, 2.45) is 0 Å². The Balaban J connectivity index is 4.20. The molecule has 9 nitrogen and oxygen atoms in total. The molecule has 0 aliphatic carbocycles. The van der Waals surface area contributed by atoms with Gasteiger partial charge in [-0.15, -0.1) is 0 Å². The first-order valence-corrected chi connectivity index (χ1v) is 28.7. The van der Waals surface area contributed by atoms with Crippen LogP contribution in [0.3, 0.4) is 0 Å². The lowest BCUT2D eigenvalue weighted by Gasteiger charge is -2.24. The summed E-state index contributed by atoms with van der Waals surface area (Å²) in [6.07, 6.45) is 56.3. The molecule has 0 saturated heterocycles. The van der Waals surface area contributed by atoms with Gasteiger partial charge >= 0.3 is 19.8 Å². The topological polar surface area (TPSA) is 108 Å². The number of phosphoric ester groups is 1. The number of likely N-dealkylation sites (N-methyl/N-ethyl adjacent to an activating group) is 1. The average Bonchev–Trinajstić information content (AvgIpc) is 3.26. The lowest BCUT2D eigenvalue weighted by Crippen LogP contribution is -2.37. The molecule has 0 aromatic heterocycles. The number of esters is 2. The lowest BCUT2D eigenvalue weighted by molar-refractivity contribution is -0.870. The highest BCUT2D eigenvalue weighted by Crippen LogP contribution is 2.43. The van der Waals surface area contributed by atoms with Crippen LogP contribution in [-0.2, 0) is 32.7 Å². The van der Waals surface area contributed by atoms with Crippen LogP contribution in [0.25, 0.3) is 0 Å². The van der Waals surface area contributed by atoms with Crippen molar-refractivity contribution in [3.05, 3.63) is 36.5 Å². The van der Waals surface area contributed by atoms with E-state index in [9.17, 15) is 19.0 Å². The van der Waals surface area contributed by atoms with E-state index < -0.39 is 26.5 Å². The van der Waals surface area contributed by atoms with Gasteiger partial charge in [-0.2, -0.15) is 0 Å². The molecule has 382 valence electrons. The third-order valence-corrected chi connectivity index (χ3v) is 12.9. The standard InChI is InChI=1S/C55H104NO8P/c1-6-8-10-12-14-16-18-20-22-24-26-27-28-29-30-32-33-35-37-39-41-43-45-47-54(57)61-51-53(52-63-65(59,60)62-50-49-56(3,4)5)64-55(58)48-46-44-42-40-38-36-34-31-25-23-21-19-17-15-13-11-9-7-2/h17,19,23-26,53H,6-16,18,20-22,27-52H2,1-5H3/p+1/b19-17-,25-23-,26-24-. The summed E-state index contributed by atoms with van der Waals surface area (Å²) in [6, 6.07) is 0. The smallest absolute Gasteiger partial charge is 0.462 e. The molecule has 0 aromatic rings. The van der Waals surface area contributed by atoms with E-state index in [0.29, 0.717) is 17.4 Å². The van der Waals surface area contributed by atoms with Crippen LogP contribution in [0, 0.1) is 0 Å². The fourth-order valence-electron chi connectivity index (χ4n) is 7.63. The van der Waals surface area contributed by atoms with E-state index in [1.807, 2.05) is 21.1 Å². The molecule has 0 bridgehead atoms. The number of allylic oxidation sites excluding steroid dienone is 6. The number of hydrogen-bond acceptors (Lipinski definition) is 7. The zero-order valence-corrected chi connectivity index (χ0v) is 44.1. The molecule has 0 spiro atoms. The van der Waals surface area contributed by atoms with Crippen molar-refractivity contribution < 1.29 is 42.1 Å². The number of nitrogens with zero attached hydrogens (tertiary/aromatic N) is 1. The lowest BCUT2D eigenvalue weighted by atomic mass is 10.0. The van der Waals surface area contributed by atoms with E-state index in [1.54, 1.807) is 0 Å². The third-order valence-electron chi connectivity index (χ3n) is 11.9. The van der Waals surface area contributed by atoms with Gasteiger partial charge in [0.1, 0.15) is 19.8 Å². The first kappa shape index (κ1) is 63.2. The molecule has 0 radical (unpaired) electrons. The van der Waals surface area contributed by atoms with Crippen LogP contribution in [0.15, 0.2) is 36.5 Å². The Labute approximate surface area is 401 Å². The number of rotatable bonds is 50. The Morgan fingerprint density at radius 1 is 0.477 bits per heavy atom. The fourth-order valence-corrected chi connectivity index (χ4v) is 8.37. The molecule has 0 aromatic carbocycles. The zero-order valence-electron chi connectivity index (χ0n) is 43.2. The van der Waals surface area contributed by atoms with Crippen molar-refractivity contribution in [2.45, 2.75) is 258 Å². The monoisotopic (exact) mass is 939 g/mol. The molecule has 1 N–H and O–H groups in total. The third kappa shape index (κ3) is 51.5. The molecule has 0 rings (SSSR count). The zero-order chi connectivity index (χ0) is 47.8. The Bertz CT molecular complexity index is 1200. The van der Waals surface area contributed by atoms with Gasteiger partial charge in [-0.25, -0.2) is 4.57 Å². The first-order chi connectivity index (χ1) is 31.5. The largest absolute Gasteiger partial charge is 0.472 e. The maximum absolute atomic E-state index is 12.8. The van der Waals surface area contributed by atoms with Gasteiger partial charge in [-0.05, 0) is 70.6 Å². The summed E-state index contributed by atoms with van der Waals surface area (Å²) in [5.41, 5.74) is 0. The molecule has 65 heavy (non-hydrogen) atoms. The molecule has 0 fully saturated rings. The Hall–Kier alpha value is -1.77. The molecule has 0 amide bonds. The molecule has 0 aliphatic rings. The van der Waals surface area contributed by atoms with E-state index in [0.717, 1.165) is 51.4 Å². The quantitative estimate of drug-likeness (QED) is 0.0211. The number of unbranched alkanes of at least 4 members (excludes halogenated alkanes) is 30. The highest BCUT2D eigenvalue weighted by molar-refractivity contribution is 7.47. The van der Waals surface area contributed by atoms with Crippen LogP contribution in [0.1, 0.15) is 251 Å². The Morgan fingerprint density at radius 3 is 1.25 bits per heavy atom. The minimum absolute atomic E-state index is 0.0304. The van der Waals surface area contributed by atoms with Crippen molar-refractivity contribution in [1.82, 2.24) is 0 Å². The number of carbonyl (C=O) groups excluding carboxylic acids is 2. The number of quaternary nitrogens is 1. The van der Waals surface area contributed by atoms with Gasteiger partial charge in [-0.1, -0.05) is 204 Å². The maximum Gasteiger partial charge on any atom is 0.472 e. The second-order valence-corrected chi connectivity index (χ2v) is 21.1. The fraction of sp³-hybridized carbons (Fsp3) is 0.855. The minimum atomic E-state index is -4.38. The van der Waals surface area contributed by atoms with E-state index in [1.165, 1.54) is 167 Å². The normalized spacial score (nSPS) is 13.6. The molecule has 2 unspecified atom stereocenters. The summed E-state index contributed by atoms with van der Waals surface area (Å²) in [4.78, 5) is 35.6. The van der Waals surface area contributed by atoms with Crippen molar-refractivity contribution >= 4 is 19.8 Å². The molecular weight excluding hydrogens is 834 g/mol. The number of ether oxygens (including phenoxy) is 2. The summed E-state index contributed by atoms with van der Waals surface area (Å²) >= 11 is 0. The van der Waals surface area contributed by atoms with Crippen LogP contribution < -0.4 is 0 Å². The second kappa shape index (κ2) is 47.3. The van der Waals surface area contributed by atoms with Gasteiger partial charge in [0, 0.05) is 12.8 Å². The second-order valence-electron chi connectivity index (χ2n) is 19.6. The van der Waals surface area contributed by atoms with Crippen LogP contribution in [-0.4, -0.2) is 74.9 Å². The van der Waals surface area contributed by atoms with Gasteiger partial charge in [0.25, 0.3) is 0 Å².